The first-order valence-electron chi connectivity index (χ1n) is 44.7. The third-order valence-corrected chi connectivity index (χ3v) is 27.1. The topological polar surface area (TPSA) is 352 Å². The van der Waals surface area contributed by atoms with Gasteiger partial charge in [0.25, 0.3) is 11.8 Å². The van der Waals surface area contributed by atoms with Gasteiger partial charge in [0.1, 0.15) is 35.8 Å². The average Bonchev–Trinajstić information content (AvgIpc) is 1.58. The lowest BCUT2D eigenvalue weighted by Crippen LogP contribution is -2.55. The Morgan fingerprint density at radius 3 is 1.18 bits per heavy atom. The summed E-state index contributed by atoms with van der Waals surface area (Å²) in [7, 11) is 5.03. The van der Waals surface area contributed by atoms with Gasteiger partial charge < -0.3 is 79.5 Å². The van der Waals surface area contributed by atoms with Crippen molar-refractivity contribution in [2.75, 3.05) is 74.5 Å². The van der Waals surface area contributed by atoms with Gasteiger partial charge in [-0.1, -0.05) is 101 Å². The van der Waals surface area contributed by atoms with Gasteiger partial charge >= 0.3 is 30.3 Å². The zero-order chi connectivity index (χ0) is 90.9. The maximum absolute atomic E-state index is 16.6. The lowest BCUT2D eigenvalue weighted by atomic mass is 9.90. The van der Waals surface area contributed by atoms with Gasteiger partial charge in [0.05, 0.1) is 81.7 Å². The minimum atomic E-state index is -3.27. The predicted octanol–water partition coefficient (Wildman–Crippen LogP) is 16.4. The molecule has 0 unspecified atom stereocenters. The van der Waals surface area contributed by atoms with Gasteiger partial charge in [0, 0.05) is 110 Å². The fourth-order valence-electron chi connectivity index (χ4n) is 20.1. The van der Waals surface area contributed by atoms with Crippen LogP contribution in [0.4, 0.5) is 48.1 Å². The molecular weight excluding hydrogens is 1660 g/mol. The molecule has 5 saturated heterocycles. The van der Waals surface area contributed by atoms with Crippen molar-refractivity contribution in [3.05, 3.63) is 167 Å². The van der Waals surface area contributed by atoms with Crippen molar-refractivity contribution in [1.29, 1.82) is 0 Å². The minimum absolute atomic E-state index is 0.00981. The molecule has 3 aliphatic carbocycles. The van der Waals surface area contributed by atoms with Crippen LogP contribution in [0.1, 0.15) is 175 Å². The van der Waals surface area contributed by atoms with Crippen molar-refractivity contribution >= 4 is 70.9 Å². The van der Waals surface area contributed by atoms with E-state index in [1.165, 1.54) is 47.3 Å². The summed E-state index contributed by atoms with van der Waals surface area (Å²) >= 11 is 0. The number of rotatable bonds is 20. The lowest BCUT2D eigenvalue weighted by molar-refractivity contribution is -0.140. The third kappa shape index (κ3) is 18.4. The largest absolute Gasteiger partial charge is 0.480 e. The highest BCUT2D eigenvalue weighted by molar-refractivity contribution is 6.03. The number of H-pyrrole nitrogens is 2. The van der Waals surface area contributed by atoms with Crippen LogP contribution in [0.5, 0.6) is 0 Å². The summed E-state index contributed by atoms with van der Waals surface area (Å²) in [6.07, 6.45) is 13.7. The number of hydrogen-bond acceptors (Lipinski definition) is 18. The fraction of sp³-hybridized carbons (Fsp3) is 0.464. The second-order valence-electron chi connectivity index (χ2n) is 35.5. The molecule has 32 heteroatoms. The summed E-state index contributed by atoms with van der Waals surface area (Å²) in [4.78, 5) is 131. The molecule has 28 nitrogen and oxygen atoms in total. The van der Waals surface area contributed by atoms with Crippen LogP contribution in [0, 0.1) is 23.7 Å². The van der Waals surface area contributed by atoms with Crippen LogP contribution in [-0.2, 0) is 72.3 Å². The van der Waals surface area contributed by atoms with Crippen molar-refractivity contribution in [3.8, 4) is 67.0 Å². The van der Waals surface area contributed by atoms with Gasteiger partial charge in [-0.25, -0.2) is 33.9 Å². The Morgan fingerprint density at radius 1 is 0.426 bits per heavy atom. The highest BCUT2D eigenvalue weighted by Crippen LogP contribution is 2.55. The number of likely N-dealkylation sites (tertiary alicyclic amines) is 3. The Bertz CT molecular complexity index is 5670. The quantitative estimate of drug-likeness (QED) is 0.0275. The smallest absolute Gasteiger partial charge is 0.407 e. The molecule has 6 fully saturated rings. The number of carbonyl (C=O) groups is 8. The van der Waals surface area contributed by atoms with Crippen LogP contribution in [0.15, 0.2) is 132 Å². The number of hydrogen-bond donors (Lipinski definition) is 7. The van der Waals surface area contributed by atoms with E-state index in [1.807, 2.05) is 90.4 Å². The number of carboxylic acid groups (broad SMARTS) is 1. The van der Waals surface area contributed by atoms with Crippen LogP contribution in [0.2, 0.25) is 0 Å². The SMILES string of the molecule is COC(=O)N[C@H](C(=O)N1CCC[C@H]1C1=Nc2ccc(-c3ccc4c(c3)C(F)(F)c3cc(-c5cnc(C6CCCC6)[nH]5)ccc3-4)cc2C1)C1CCOCC1.COC(=O)N[C@H](C(=O)N1CCC[C@H]1c1ncc(-c2ccc3c(c2)C(F)(F)c2cc(-c4ccc5c(c4)CC([C@@H]4CCCN4C(=O)[C@@H](NC(=O)OC)C4CCOCC4)=N5)ccc2-3)[nH]1)C(C)C.COC(=O)N[C@H](C(=O)O)C(C)C. The Kier molecular flexibility index (Phi) is 26.6. The monoisotopic (exact) mass is 1770 g/mol. The second kappa shape index (κ2) is 38.2. The molecule has 7 amide bonds. The van der Waals surface area contributed by atoms with Crippen molar-refractivity contribution in [3.63, 3.8) is 0 Å². The second-order valence-corrected chi connectivity index (χ2v) is 35.5. The summed E-state index contributed by atoms with van der Waals surface area (Å²) in [5.41, 5.74) is 12.9. The first-order valence-corrected chi connectivity index (χ1v) is 44.7. The van der Waals surface area contributed by atoms with Crippen molar-refractivity contribution in [2.45, 2.75) is 190 Å². The molecule has 129 heavy (non-hydrogen) atoms. The molecule has 0 bridgehead atoms. The zero-order valence-electron chi connectivity index (χ0n) is 73.5. The molecule has 7 aliphatic heterocycles. The predicted molar refractivity (Wildman–Crippen MR) is 473 cm³/mol. The number of nitrogens with one attached hydrogen (secondary N) is 6. The maximum atomic E-state index is 16.6. The number of aromatic nitrogens is 4. The van der Waals surface area contributed by atoms with E-state index in [2.05, 4.69) is 45.9 Å². The number of carbonyl (C=O) groups excluding carboxylic acids is 7. The zero-order valence-corrected chi connectivity index (χ0v) is 73.5. The van der Waals surface area contributed by atoms with E-state index in [4.69, 9.17) is 38.8 Å². The number of ether oxygens (including phenoxy) is 6. The normalized spacial score (nSPS) is 20.2. The number of alkyl carbamates (subject to hydrolysis) is 4. The van der Waals surface area contributed by atoms with Crippen LogP contribution in [0.3, 0.4) is 0 Å². The van der Waals surface area contributed by atoms with E-state index < -0.39 is 66.4 Å². The lowest BCUT2D eigenvalue weighted by Gasteiger charge is -2.34. The Labute approximate surface area is 744 Å². The van der Waals surface area contributed by atoms with E-state index >= 15 is 17.6 Å². The molecule has 10 aliphatic rings. The number of aromatic amines is 2. The number of methoxy groups -OCH3 is 4. The Balaban J connectivity index is 0.000000170. The van der Waals surface area contributed by atoms with Crippen LogP contribution in [0.25, 0.3) is 67.0 Å². The molecule has 7 N–H and O–H groups in total. The fourth-order valence-corrected chi connectivity index (χ4v) is 20.1. The van der Waals surface area contributed by atoms with E-state index in [9.17, 15) is 38.4 Å². The van der Waals surface area contributed by atoms with Gasteiger partial charge in [-0.2, -0.15) is 17.6 Å². The number of carboxylic acids is 1. The van der Waals surface area contributed by atoms with Gasteiger partial charge in [0.15, 0.2) is 0 Å². The summed E-state index contributed by atoms with van der Waals surface area (Å²) in [5, 5.41) is 19.1. The van der Waals surface area contributed by atoms with Gasteiger partial charge in [-0.05, 0) is 205 Å². The van der Waals surface area contributed by atoms with E-state index in [1.54, 1.807) is 67.5 Å². The first kappa shape index (κ1) is 90.0. The molecule has 2 aromatic heterocycles. The third-order valence-electron chi connectivity index (χ3n) is 27.1. The molecular formula is C97H109F4N13O15. The van der Waals surface area contributed by atoms with E-state index in [0.717, 1.165) is 102 Å². The number of halogens is 4. The molecule has 680 valence electrons. The average molecular weight is 1770 g/mol. The van der Waals surface area contributed by atoms with Crippen molar-refractivity contribution < 1.29 is 89.4 Å². The van der Waals surface area contributed by atoms with Crippen molar-refractivity contribution in [1.82, 2.24) is 55.9 Å². The van der Waals surface area contributed by atoms with Gasteiger partial charge in [-0.15, -0.1) is 0 Å². The number of imidazole rings is 2. The van der Waals surface area contributed by atoms with Crippen LogP contribution in [-0.4, -0.2) is 210 Å². The van der Waals surface area contributed by atoms with E-state index in [0.29, 0.717) is 153 Å². The van der Waals surface area contributed by atoms with E-state index in [-0.39, 0.29) is 81.8 Å². The van der Waals surface area contributed by atoms with Crippen molar-refractivity contribution in [2.24, 2.45) is 33.7 Å². The molecule has 6 aromatic carbocycles. The summed E-state index contributed by atoms with van der Waals surface area (Å²) in [6, 6.07) is 28.8. The highest BCUT2D eigenvalue weighted by Gasteiger charge is 2.49. The standard InChI is InChI=1S/C48H53F2N7O7.C42H43F2N5O4.C7H13NO4/c1-26(2)41(54-46(60)62-3)44(58)57-18-6-8-40(57)43-51-25-38(53-43)30-10-13-33-32-12-9-29(22-34(32)48(49,50)35(33)23-30)28-11-14-36-31(21-28)24-37(52-36)39-7-5-17-56(39)45(59)42(55-47(61)63-4)27-15-19-64-20-16-27;1-52-41(51)48-38(24-14-17-53-18-15-24)40(50)49-16-4-7-37(49)35-22-29-19-26(10-13-34(29)46-35)27-8-11-30-31-12-9-28(21-33(31)42(43,44)32(30)20-27)36-23-45-39(47-36)25-5-2-3-6-25;1-4(2)5(6(9)10)8-7(11)12-3/h9-14,21-23,25-27,39-42H,5-8,15-20,24H2,1-4H3,(H,51,53)(H,54,60)(H,55,61);8-13,19-21,23-25,37-38H,2-7,14-18,22H2,1H3,(H,45,47)(H,48,51);4-5H,1-3H3,(H,8,11)(H,9,10)/t39-,40-,41-,42-;37-,38-;5-/m000/s1. The summed E-state index contributed by atoms with van der Waals surface area (Å²) < 4.78 is 95.5. The Hall–Kier alpha value is -12.3. The molecule has 0 spiro atoms. The molecule has 0 radical (unpaired) electrons. The molecule has 18 rings (SSSR count). The van der Waals surface area contributed by atoms with Gasteiger partial charge in [-0.3, -0.25) is 24.4 Å². The number of fused-ring (bicyclic) bond motifs is 8. The number of nitrogens with zero attached hydrogens (tertiary/aromatic N) is 7. The number of benzene rings is 6. The molecule has 1 saturated carbocycles. The number of aliphatic imine (C=N–C) groups is 2. The maximum Gasteiger partial charge on any atom is 0.407 e. The number of aliphatic carboxylic acids is 1. The summed E-state index contributed by atoms with van der Waals surface area (Å²) in [6.45, 7) is 10.9. The first-order chi connectivity index (χ1) is 62.1. The molecule has 7 atom stereocenters. The molecule has 8 aromatic rings. The number of alkyl halides is 4. The van der Waals surface area contributed by atoms with Crippen LogP contribution >= 0.6 is 0 Å². The molecule has 9 heterocycles. The minimum Gasteiger partial charge on any atom is -0.480 e. The number of amides is 7. The van der Waals surface area contributed by atoms with Gasteiger partial charge in [0.2, 0.25) is 17.7 Å². The highest BCUT2D eigenvalue weighted by atomic mass is 19.3. The summed E-state index contributed by atoms with van der Waals surface area (Å²) in [5.74, 6) is -6.51. The van der Waals surface area contributed by atoms with Crippen LogP contribution < -0.4 is 21.3 Å². The Morgan fingerprint density at radius 2 is 0.775 bits per heavy atom.